The Morgan fingerprint density at radius 3 is 2.17 bits per heavy atom. The zero-order valence-corrected chi connectivity index (χ0v) is 19.5. The lowest BCUT2D eigenvalue weighted by Crippen LogP contribution is -2.28. The van der Waals surface area contributed by atoms with Gasteiger partial charge in [-0.15, -0.1) is 11.8 Å². The molecule has 0 aromatic heterocycles. The Kier molecular flexibility index (Phi) is 7.26. The van der Waals surface area contributed by atoms with Crippen LogP contribution < -0.4 is 5.32 Å². The van der Waals surface area contributed by atoms with Crippen molar-refractivity contribution in [1.29, 1.82) is 0 Å². The molecule has 7 heteroatoms. The minimum Gasteiger partial charge on any atom is -0.351 e. The molecule has 0 radical (unpaired) electrons. The van der Waals surface area contributed by atoms with Gasteiger partial charge in [-0.25, -0.2) is 8.42 Å². The van der Waals surface area contributed by atoms with Gasteiger partial charge in [-0.2, -0.15) is 4.31 Å². The molecule has 1 amide bonds. The normalized spacial score (nSPS) is 15.3. The van der Waals surface area contributed by atoms with Gasteiger partial charge in [0.25, 0.3) is 0 Å². The van der Waals surface area contributed by atoms with Crippen LogP contribution in [0.25, 0.3) is 0 Å². The van der Waals surface area contributed by atoms with Crippen LogP contribution in [-0.4, -0.2) is 37.5 Å². The van der Waals surface area contributed by atoms with Crippen LogP contribution in [0.1, 0.15) is 44.7 Å². The second-order valence-electron chi connectivity index (χ2n) is 8.59. The maximum absolute atomic E-state index is 12.6. The summed E-state index contributed by atoms with van der Waals surface area (Å²) in [4.78, 5) is 13.6. The Morgan fingerprint density at radius 1 is 1.00 bits per heavy atom. The summed E-state index contributed by atoms with van der Waals surface area (Å²) in [6.45, 7) is 8.10. The van der Waals surface area contributed by atoms with E-state index in [9.17, 15) is 13.2 Å². The molecule has 1 aliphatic rings. The van der Waals surface area contributed by atoms with Gasteiger partial charge < -0.3 is 5.32 Å². The topological polar surface area (TPSA) is 66.5 Å². The zero-order chi connectivity index (χ0) is 21.8. The number of amides is 1. The number of hydrogen-bond donors (Lipinski definition) is 1. The van der Waals surface area contributed by atoms with Crippen LogP contribution in [-0.2, 0) is 26.8 Å². The summed E-state index contributed by atoms with van der Waals surface area (Å²) in [5.41, 5.74) is 2.26. The Hall–Kier alpha value is -1.83. The maximum atomic E-state index is 12.6. The molecule has 0 aliphatic carbocycles. The Morgan fingerprint density at radius 2 is 1.60 bits per heavy atom. The monoisotopic (exact) mass is 446 g/mol. The van der Waals surface area contributed by atoms with Gasteiger partial charge in [0.15, 0.2) is 0 Å². The lowest BCUT2D eigenvalue weighted by molar-refractivity contribution is -0.118. The minimum absolute atomic E-state index is 0.0475. The summed E-state index contributed by atoms with van der Waals surface area (Å²) in [5, 5.41) is 2.90. The highest BCUT2D eigenvalue weighted by atomic mass is 32.2. The predicted octanol–water partition coefficient (Wildman–Crippen LogP) is 4.18. The third-order valence-electron chi connectivity index (χ3n) is 5.21. The molecule has 0 bridgehead atoms. The van der Waals surface area contributed by atoms with Gasteiger partial charge in [0.2, 0.25) is 15.9 Å². The van der Waals surface area contributed by atoms with Gasteiger partial charge in [-0.05, 0) is 53.6 Å². The molecule has 0 atom stereocenters. The van der Waals surface area contributed by atoms with Crippen molar-refractivity contribution in [3.05, 3.63) is 59.7 Å². The number of carbonyl (C=O) groups is 1. The summed E-state index contributed by atoms with van der Waals surface area (Å²) in [5.74, 6) is 0.296. The molecule has 1 saturated heterocycles. The van der Waals surface area contributed by atoms with E-state index in [1.54, 1.807) is 24.3 Å². The van der Waals surface area contributed by atoms with Gasteiger partial charge in [0, 0.05) is 24.5 Å². The fourth-order valence-corrected chi connectivity index (χ4v) is 5.55. The predicted molar refractivity (Wildman–Crippen MR) is 122 cm³/mol. The van der Waals surface area contributed by atoms with E-state index in [1.165, 1.54) is 21.6 Å². The van der Waals surface area contributed by atoms with Crippen molar-refractivity contribution in [2.45, 2.75) is 55.4 Å². The molecule has 0 spiro atoms. The molecule has 30 heavy (non-hydrogen) atoms. The number of nitrogens with one attached hydrogen (secondary N) is 1. The SMILES string of the molecule is CC(C)(C)c1ccc(SCC(=O)NCc2ccc(S(=O)(=O)N3CCCC3)cc2)cc1. The highest BCUT2D eigenvalue weighted by Gasteiger charge is 2.26. The smallest absolute Gasteiger partial charge is 0.243 e. The van der Waals surface area contributed by atoms with Crippen molar-refractivity contribution in [2.24, 2.45) is 0 Å². The quantitative estimate of drug-likeness (QED) is 0.648. The summed E-state index contributed by atoms with van der Waals surface area (Å²) in [7, 11) is -3.40. The molecule has 1 fully saturated rings. The van der Waals surface area contributed by atoms with Gasteiger partial charge in [0.05, 0.1) is 10.6 Å². The first-order chi connectivity index (χ1) is 14.2. The first kappa shape index (κ1) is 22.8. The van der Waals surface area contributed by atoms with Gasteiger partial charge in [-0.1, -0.05) is 45.0 Å². The van der Waals surface area contributed by atoms with Crippen molar-refractivity contribution < 1.29 is 13.2 Å². The number of carbonyl (C=O) groups excluding carboxylic acids is 1. The van der Waals surface area contributed by atoms with Crippen LogP contribution in [0.4, 0.5) is 0 Å². The molecule has 2 aromatic carbocycles. The van der Waals surface area contributed by atoms with Crippen LogP contribution in [0.2, 0.25) is 0 Å². The average Bonchev–Trinajstić information content (AvgIpc) is 3.26. The number of benzene rings is 2. The molecule has 1 N–H and O–H groups in total. The third kappa shape index (κ3) is 5.86. The van der Waals surface area contributed by atoms with E-state index >= 15 is 0 Å². The fourth-order valence-electron chi connectivity index (χ4n) is 3.31. The molecule has 5 nitrogen and oxygen atoms in total. The van der Waals surface area contributed by atoms with Crippen LogP contribution in [0.15, 0.2) is 58.3 Å². The number of sulfonamides is 1. The van der Waals surface area contributed by atoms with Crippen molar-refractivity contribution in [1.82, 2.24) is 9.62 Å². The van der Waals surface area contributed by atoms with E-state index in [2.05, 4.69) is 50.4 Å². The fraction of sp³-hybridized carbons (Fsp3) is 0.435. The Labute approximate surface area is 184 Å². The highest BCUT2D eigenvalue weighted by molar-refractivity contribution is 8.00. The lowest BCUT2D eigenvalue weighted by atomic mass is 9.87. The molecule has 162 valence electrons. The van der Waals surface area contributed by atoms with E-state index in [-0.39, 0.29) is 11.3 Å². The number of thioether (sulfide) groups is 1. The minimum atomic E-state index is -3.40. The average molecular weight is 447 g/mol. The van der Waals surface area contributed by atoms with Gasteiger partial charge >= 0.3 is 0 Å². The van der Waals surface area contributed by atoms with Crippen molar-refractivity contribution >= 4 is 27.7 Å². The Bertz CT molecular complexity index is 957. The van der Waals surface area contributed by atoms with E-state index in [1.807, 2.05) is 0 Å². The second kappa shape index (κ2) is 9.54. The maximum Gasteiger partial charge on any atom is 0.243 e. The molecule has 2 aromatic rings. The van der Waals surface area contributed by atoms with E-state index in [0.717, 1.165) is 23.3 Å². The van der Waals surface area contributed by atoms with E-state index in [4.69, 9.17) is 0 Å². The van der Waals surface area contributed by atoms with Crippen molar-refractivity contribution in [3.63, 3.8) is 0 Å². The first-order valence-corrected chi connectivity index (χ1v) is 12.7. The van der Waals surface area contributed by atoms with Gasteiger partial charge in [-0.3, -0.25) is 4.79 Å². The molecular formula is C23H30N2O3S2. The van der Waals surface area contributed by atoms with Crippen LogP contribution in [0.5, 0.6) is 0 Å². The molecule has 0 unspecified atom stereocenters. The molecule has 3 rings (SSSR count). The highest BCUT2D eigenvalue weighted by Crippen LogP contribution is 2.25. The van der Waals surface area contributed by atoms with Gasteiger partial charge in [0.1, 0.15) is 0 Å². The molecule has 0 saturated carbocycles. The number of rotatable bonds is 7. The summed E-state index contributed by atoms with van der Waals surface area (Å²) < 4.78 is 26.7. The van der Waals surface area contributed by atoms with Crippen LogP contribution >= 0.6 is 11.8 Å². The van der Waals surface area contributed by atoms with Crippen molar-refractivity contribution in [3.8, 4) is 0 Å². The standard InChI is InChI=1S/C23H30N2O3S2/c1-23(2,3)19-8-10-20(11-9-19)29-17-22(26)24-16-18-6-12-21(13-7-18)30(27,28)25-14-4-5-15-25/h6-13H,4-5,14-17H2,1-3H3,(H,24,26). The zero-order valence-electron chi connectivity index (χ0n) is 17.8. The molecule has 1 heterocycles. The Balaban J connectivity index is 1.48. The largest absolute Gasteiger partial charge is 0.351 e. The first-order valence-electron chi connectivity index (χ1n) is 10.3. The lowest BCUT2D eigenvalue weighted by Gasteiger charge is -2.19. The summed E-state index contributed by atoms with van der Waals surface area (Å²) in [6.07, 6.45) is 1.84. The molecular weight excluding hydrogens is 416 g/mol. The van der Waals surface area contributed by atoms with E-state index in [0.29, 0.717) is 30.3 Å². The molecule has 1 aliphatic heterocycles. The third-order valence-corrected chi connectivity index (χ3v) is 8.13. The van der Waals surface area contributed by atoms with Crippen LogP contribution in [0, 0.1) is 0 Å². The van der Waals surface area contributed by atoms with Crippen molar-refractivity contribution in [2.75, 3.05) is 18.8 Å². The second-order valence-corrected chi connectivity index (χ2v) is 11.6. The summed E-state index contributed by atoms with van der Waals surface area (Å²) >= 11 is 1.51. The number of hydrogen-bond acceptors (Lipinski definition) is 4. The number of nitrogens with zero attached hydrogens (tertiary/aromatic N) is 1. The van der Waals surface area contributed by atoms with E-state index < -0.39 is 10.0 Å². The summed E-state index contributed by atoms with van der Waals surface area (Å²) in [6, 6.07) is 15.1. The van der Waals surface area contributed by atoms with Crippen LogP contribution in [0.3, 0.4) is 0 Å².